The van der Waals surface area contributed by atoms with Crippen LogP contribution in [0.15, 0.2) is 17.1 Å². The zero-order valence-corrected chi connectivity index (χ0v) is 9.86. The highest BCUT2D eigenvalue weighted by Gasteiger charge is 2.24. The van der Waals surface area contributed by atoms with Crippen molar-refractivity contribution in [2.75, 3.05) is 12.1 Å². The molecule has 1 amide bonds. The Kier molecular flexibility index (Phi) is 3.31. The molecule has 0 atom stereocenters. The van der Waals surface area contributed by atoms with Crippen molar-refractivity contribution in [3.63, 3.8) is 0 Å². The van der Waals surface area contributed by atoms with Crippen LogP contribution in [0.1, 0.15) is 30.3 Å². The summed E-state index contributed by atoms with van der Waals surface area (Å²) in [6.45, 7) is 2.07. The molecule has 0 unspecified atom stereocenters. The van der Waals surface area contributed by atoms with E-state index < -0.39 is 17.3 Å². The molecular weight excluding hydrogens is 238 g/mol. The smallest absolute Gasteiger partial charge is 0.311 e. The van der Waals surface area contributed by atoms with E-state index in [2.05, 4.69) is 10.7 Å². The van der Waals surface area contributed by atoms with Gasteiger partial charge in [-0.15, -0.1) is 0 Å². The molecule has 1 aliphatic heterocycles. The Hall–Kier alpha value is -2.31. The van der Waals surface area contributed by atoms with Crippen molar-refractivity contribution >= 4 is 11.9 Å². The lowest BCUT2D eigenvalue weighted by Gasteiger charge is -2.22. The molecule has 7 heteroatoms. The number of fused-ring (bicyclic) bond motifs is 1. The number of rotatable bonds is 3. The van der Waals surface area contributed by atoms with Gasteiger partial charge in [-0.1, -0.05) is 6.92 Å². The summed E-state index contributed by atoms with van der Waals surface area (Å²) >= 11 is 0. The molecule has 1 aromatic heterocycles. The highest BCUT2D eigenvalue weighted by Crippen LogP contribution is 2.14. The first-order chi connectivity index (χ1) is 8.63. The first kappa shape index (κ1) is 12.2. The van der Waals surface area contributed by atoms with Crippen LogP contribution in [0.3, 0.4) is 0 Å². The van der Waals surface area contributed by atoms with Crippen molar-refractivity contribution in [3.8, 4) is 5.75 Å². The number of carbonyl (C=O) groups is 2. The van der Waals surface area contributed by atoms with E-state index in [1.165, 1.54) is 16.9 Å². The number of nitrogens with one attached hydrogen (secondary N) is 2. The lowest BCUT2D eigenvalue weighted by molar-refractivity contribution is -0.134. The van der Waals surface area contributed by atoms with E-state index in [0.29, 0.717) is 6.42 Å². The van der Waals surface area contributed by atoms with E-state index in [9.17, 15) is 14.4 Å². The van der Waals surface area contributed by atoms with Crippen LogP contribution < -0.4 is 20.9 Å². The van der Waals surface area contributed by atoms with Crippen molar-refractivity contribution < 1.29 is 14.3 Å². The number of nitrogens with zero attached hydrogens (tertiary/aromatic N) is 1. The zero-order valence-electron chi connectivity index (χ0n) is 9.86. The van der Waals surface area contributed by atoms with E-state index in [1.807, 2.05) is 6.92 Å². The first-order valence-electron chi connectivity index (χ1n) is 5.62. The minimum Gasteiger partial charge on any atom is -0.420 e. The number of esters is 1. The Bertz CT molecular complexity index is 550. The molecule has 0 saturated carbocycles. The van der Waals surface area contributed by atoms with Gasteiger partial charge in [0.2, 0.25) is 11.2 Å². The molecule has 0 spiro atoms. The fraction of sp³-hybridized carbons (Fsp3) is 0.364. The van der Waals surface area contributed by atoms with Gasteiger partial charge in [0, 0.05) is 18.7 Å². The van der Waals surface area contributed by atoms with Gasteiger partial charge in [0.1, 0.15) is 6.67 Å². The molecule has 0 radical (unpaired) electrons. The number of ether oxygens (including phenoxy) is 1. The highest BCUT2D eigenvalue weighted by atomic mass is 16.5. The second-order valence-corrected chi connectivity index (χ2v) is 3.79. The van der Waals surface area contributed by atoms with Gasteiger partial charge in [-0.25, -0.2) is 0 Å². The quantitative estimate of drug-likeness (QED) is 0.726. The fourth-order valence-electron chi connectivity index (χ4n) is 1.62. The van der Waals surface area contributed by atoms with Crippen molar-refractivity contribution in [1.29, 1.82) is 0 Å². The fourth-order valence-corrected chi connectivity index (χ4v) is 1.62. The Morgan fingerprint density at radius 2 is 2.28 bits per heavy atom. The summed E-state index contributed by atoms with van der Waals surface area (Å²) in [4.78, 5) is 34.8. The summed E-state index contributed by atoms with van der Waals surface area (Å²) in [7, 11) is 0. The standard InChI is InChI=1S/C11H13N3O4/c1-2-3-8(16)18-10-7(15)4-5-14-9(10)11(17)12-6-13-14/h4-5,13H,2-3,6H2,1H3,(H,12,17). The molecule has 0 bridgehead atoms. The summed E-state index contributed by atoms with van der Waals surface area (Å²) < 4.78 is 6.35. The molecule has 18 heavy (non-hydrogen) atoms. The average molecular weight is 251 g/mol. The lowest BCUT2D eigenvalue weighted by atomic mass is 10.2. The van der Waals surface area contributed by atoms with Crippen molar-refractivity contribution in [1.82, 2.24) is 9.99 Å². The second-order valence-electron chi connectivity index (χ2n) is 3.79. The summed E-state index contributed by atoms with van der Waals surface area (Å²) in [5.74, 6) is -1.21. The number of hydrogen-bond donors (Lipinski definition) is 2. The van der Waals surface area contributed by atoms with Crippen molar-refractivity contribution in [2.24, 2.45) is 0 Å². The van der Waals surface area contributed by atoms with E-state index >= 15 is 0 Å². The maximum Gasteiger partial charge on any atom is 0.311 e. The minimum absolute atomic E-state index is 0.0122. The number of carbonyl (C=O) groups excluding carboxylic acids is 2. The number of hydrogen-bond acceptors (Lipinski definition) is 5. The largest absolute Gasteiger partial charge is 0.420 e. The van der Waals surface area contributed by atoms with Crippen molar-refractivity contribution in [2.45, 2.75) is 19.8 Å². The first-order valence-corrected chi connectivity index (χ1v) is 5.62. The zero-order chi connectivity index (χ0) is 13.1. The van der Waals surface area contributed by atoms with Crippen LogP contribution in [0, 0.1) is 0 Å². The maximum atomic E-state index is 11.7. The lowest BCUT2D eigenvalue weighted by Crippen LogP contribution is -2.43. The Balaban J connectivity index is 2.42. The van der Waals surface area contributed by atoms with Gasteiger partial charge in [0.25, 0.3) is 5.91 Å². The summed E-state index contributed by atoms with van der Waals surface area (Å²) in [6.07, 6.45) is 2.23. The topological polar surface area (TPSA) is 89.4 Å². The number of pyridine rings is 1. The van der Waals surface area contributed by atoms with Crippen LogP contribution in [0.2, 0.25) is 0 Å². The molecule has 2 N–H and O–H groups in total. The van der Waals surface area contributed by atoms with Gasteiger partial charge in [-0.2, -0.15) is 0 Å². The third-order valence-electron chi connectivity index (χ3n) is 2.44. The summed E-state index contributed by atoms with van der Waals surface area (Å²) in [5.41, 5.74) is 2.34. The van der Waals surface area contributed by atoms with Gasteiger partial charge in [-0.3, -0.25) is 19.1 Å². The predicted octanol–water partition coefficient (Wildman–Crippen LogP) is -0.202. The molecule has 0 aliphatic carbocycles. The maximum absolute atomic E-state index is 11.7. The third-order valence-corrected chi connectivity index (χ3v) is 2.44. The second kappa shape index (κ2) is 4.91. The van der Waals surface area contributed by atoms with Crippen LogP contribution in [0.25, 0.3) is 0 Å². The number of amides is 1. The summed E-state index contributed by atoms with van der Waals surface area (Å²) in [5, 5.41) is 2.51. The molecule has 0 fully saturated rings. The van der Waals surface area contributed by atoms with Crippen LogP contribution >= 0.6 is 0 Å². The van der Waals surface area contributed by atoms with Gasteiger partial charge >= 0.3 is 5.97 Å². The Morgan fingerprint density at radius 3 is 3.00 bits per heavy atom. The van der Waals surface area contributed by atoms with Crippen molar-refractivity contribution in [3.05, 3.63) is 28.2 Å². The average Bonchev–Trinajstić information content (AvgIpc) is 2.33. The molecule has 1 aliphatic rings. The molecule has 0 saturated heterocycles. The Morgan fingerprint density at radius 1 is 1.50 bits per heavy atom. The SMILES string of the molecule is CCCC(=O)Oc1c2n(ccc1=O)NCNC2=O. The van der Waals surface area contributed by atoms with Gasteiger partial charge in [0.15, 0.2) is 5.69 Å². The van der Waals surface area contributed by atoms with E-state index in [1.54, 1.807) is 0 Å². The summed E-state index contributed by atoms with van der Waals surface area (Å²) in [6, 6.07) is 1.24. The van der Waals surface area contributed by atoms with E-state index in [0.717, 1.165) is 0 Å². The third kappa shape index (κ3) is 2.20. The van der Waals surface area contributed by atoms with Gasteiger partial charge in [-0.05, 0) is 6.42 Å². The monoisotopic (exact) mass is 251 g/mol. The van der Waals surface area contributed by atoms with E-state index in [4.69, 9.17) is 4.74 Å². The normalized spacial score (nSPS) is 13.3. The number of aromatic nitrogens is 1. The van der Waals surface area contributed by atoms with E-state index in [-0.39, 0.29) is 24.5 Å². The van der Waals surface area contributed by atoms with Crippen LogP contribution in [-0.2, 0) is 4.79 Å². The molecule has 2 heterocycles. The molecule has 96 valence electrons. The van der Waals surface area contributed by atoms with Crippen LogP contribution in [0.4, 0.5) is 0 Å². The van der Waals surface area contributed by atoms with Crippen LogP contribution in [-0.4, -0.2) is 23.2 Å². The predicted molar refractivity (Wildman–Crippen MR) is 62.9 cm³/mol. The minimum atomic E-state index is -0.526. The molecule has 2 rings (SSSR count). The molecule has 1 aromatic rings. The highest BCUT2D eigenvalue weighted by molar-refractivity contribution is 5.96. The Labute approximate surface area is 103 Å². The molecular formula is C11H13N3O4. The van der Waals surface area contributed by atoms with Crippen LogP contribution in [0.5, 0.6) is 5.75 Å². The molecule has 7 nitrogen and oxygen atoms in total. The van der Waals surface area contributed by atoms with Gasteiger partial charge < -0.3 is 15.5 Å². The molecule has 0 aromatic carbocycles. The van der Waals surface area contributed by atoms with Gasteiger partial charge in [0.05, 0.1) is 0 Å².